The van der Waals surface area contributed by atoms with Gasteiger partial charge in [-0.25, -0.2) is 0 Å². The van der Waals surface area contributed by atoms with Crippen molar-refractivity contribution in [3.8, 4) is 0 Å². The molecule has 100 valence electrons. The molecule has 18 heavy (non-hydrogen) atoms. The van der Waals surface area contributed by atoms with Gasteiger partial charge in [0.05, 0.1) is 0 Å². The predicted molar refractivity (Wildman–Crippen MR) is 71.7 cm³/mol. The zero-order valence-corrected chi connectivity index (χ0v) is 11.0. The van der Waals surface area contributed by atoms with Gasteiger partial charge in [-0.3, -0.25) is 13.8 Å². The highest BCUT2D eigenvalue weighted by Gasteiger charge is 2.05. The first-order valence-corrected chi connectivity index (χ1v) is 7.09. The summed E-state index contributed by atoms with van der Waals surface area (Å²) >= 11 is 0. The summed E-state index contributed by atoms with van der Waals surface area (Å²) in [5, 5.41) is 2.61. The summed E-state index contributed by atoms with van der Waals surface area (Å²) in [4.78, 5) is 22.9. The number of carbonyl (C=O) groups excluding carboxylic acids is 1. The highest BCUT2D eigenvalue weighted by Crippen LogP contribution is 1.95. The molecular weight excluding hydrogens is 254 g/mol. The van der Waals surface area contributed by atoms with Crippen molar-refractivity contribution in [3.05, 3.63) is 28.7 Å². The number of nitrogen functional groups attached to an aromatic ring is 1. The number of anilines is 1. The van der Waals surface area contributed by atoms with Crippen LogP contribution in [0.1, 0.15) is 6.92 Å². The summed E-state index contributed by atoms with van der Waals surface area (Å²) < 4.78 is 12.4. The van der Waals surface area contributed by atoms with E-state index in [1.807, 2.05) is 6.92 Å². The third-order valence-corrected chi connectivity index (χ3v) is 3.60. The molecular formula is C11H17N3O3S. The minimum Gasteiger partial charge on any atom is -0.398 e. The summed E-state index contributed by atoms with van der Waals surface area (Å²) in [5.74, 6) is 0.703. The molecule has 0 aliphatic rings. The summed E-state index contributed by atoms with van der Waals surface area (Å²) in [6.07, 6.45) is 1.42. The molecule has 1 aromatic heterocycles. The van der Waals surface area contributed by atoms with E-state index in [4.69, 9.17) is 5.73 Å². The Kier molecular flexibility index (Phi) is 5.57. The SMILES string of the molecule is CCS(=O)CCNC(=O)Cn1cc(N)ccc1=O. The molecule has 0 saturated heterocycles. The molecule has 0 bridgehead atoms. The molecule has 0 aliphatic carbocycles. The Balaban J connectivity index is 2.47. The molecule has 3 N–H and O–H groups in total. The standard InChI is InChI=1S/C11H17N3O3S/c1-2-18(17)6-5-13-10(15)8-14-7-9(12)3-4-11(14)16/h3-4,7H,2,5-6,8,12H2,1H3,(H,13,15). The van der Waals surface area contributed by atoms with Crippen LogP contribution in [0.15, 0.2) is 23.1 Å². The van der Waals surface area contributed by atoms with Crippen LogP contribution in [0.2, 0.25) is 0 Å². The third kappa shape index (κ3) is 4.70. The van der Waals surface area contributed by atoms with Crippen molar-refractivity contribution in [2.24, 2.45) is 0 Å². The van der Waals surface area contributed by atoms with E-state index in [0.717, 1.165) is 0 Å². The molecule has 1 atom stereocenters. The Hall–Kier alpha value is -1.63. The molecule has 0 fully saturated rings. The molecule has 1 unspecified atom stereocenters. The van der Waals surface area contributed by atoms with Crippen LogP contribution >= 0.6 is 0 Å². The maximum absolute atomic E-state index is 11.5. The minimum atomic E-state index is -0.901. The number of nitrogens with two attached hydrogens (primary N) is 1. The topological polar surface area (TPSA) is 94.2 Å². The van der Waals surface area contributed by atoms with E-state index in [1.165, 1.54) is 22.9 Å². The normalized spacial score (nSPS) is 12.1. The fourth-order valence-corrected chi connectivity index (χ4v) is 1.95. The largest absolute Gasteiger partial charge is 0.398 e. The van der Waals surface area contributed by atoms with Gasteiger partial charge in [0.1, 0.15) is 6.54 Å². The van der Waals surface area contributed by atoms with Gasteiger partial charge in [0, 0.05) is 46.8 Å². The fraction of sp³-hybridized carbons (Fsp3) is 0.455. The van der Waals surface area contributed by atoms with Crippen LogP contribution in [0, 0.1) is 0 Å². The van der Waals surface area contributed by atoms with E-state index in [0.29, 0.717) is 23.7 Å². The third-order valence-electron chi connectivity index (χ3n) is 2.29. The summed E-state index contributed by atoms with van der Waals surface area (Å²) in [6, 6.07) is 2.80. The van der Waals surface area contributed by atoms with Crippen LogP contribution in [0.4, 0.5) is 5.69 Å². The van der Waals surface area contributed by atoms with Gasteiger partial charge < -0.3 is 15.6 Å². The lowest BCUT2D eigenvalue weighted by atomic mass is 10.4. The number of hydrogen-bond donors (Lipinski definition) is 2. The van der Waals surface area contributed by atoms with Crippen molar-refractivity contribution < 1.29 is 9.00 Å². The summed E-state index contributed by atoms with van der Waals surface area (Å²) in [6.45, 7) is 2.09. The van der Waals surface area contributed by atoms with Crippen LogP contribution in [0.3, 0.4) is 0 Å². The van der Waals surface area contributed by atoms with Gasteiger partial charge in [0.2, 0.25) is 5.91 Å². The van der Waals surface area contributed by atoms with Crippen LogP contribution in [-0.4, -0.2) is 32.7 Å². The second-order valence-electron chi connectivity index (χ2n) is 3.71. The number of nitrogens with one attached hydrogen (secondary N) is 1. The number of pyridine rings is 1. The van der Waals surface area contributed by atoms with Crippen molar-refractivity contribution in [1.29, 1.82) is 0 Å². The Labute approximate surface area is 108 Å². The van der Waals surface area contributed by atoms with Gasteiger partial charge in [0.15, 0.2) is 0 Å². The van der Waals surface area contributed by atoms with Gasteiger partial charge in [-0.15, -0.1) is 0 Å². The van der Waals surface area contributed by atoms with E-state index in [1.54, 1.807) is 0 Å². The predicted octanol–water partition coefficient (Wildman–Crippen LogP) is -0.685. The van der Waals surface area contributed by atoms with Crippen LogP contribution in [0.5, 0.6) is 0 Å². The van der Waals surface area contributed by atoms with Crippen molar-refractivity contribution >= 4 is 22.4 Å². The molecule has 0 radical (unpaired) electrons. The molecule has 1 aromatic rings. The smallest absolute Gasteiger partial charge is 0.251 e. The zero-order valence-electron chi connectivity index (χ0n) is 10.2. The Morgan fingerprint density at radius 2 is 2.22 bits per heavy atom. The lowest BCUT2D eigenvalue weighted by Gasteiger charge is -2.07. The van der Waals surface area contributed by atoms with Gasteiger partial charge in [-0.05, 0) is 6.07 Å². The zero-order chi connectivity index (χ0) is 13.5. The van der Waals surface area contributed by atoms with Gasteiger partial charge >= 0.3 is 0 Å². The molecule has 1 heterocycles. The van der Waals surface area contributed by atoms with Gasteiger partial charge in [-0.1, -0.05) is 6.92 Å². The lowest BCUT2D eigenvalue weighted by Crippen LogP contribution is -2.34. The van der Waals surface area contributed by atoms with Gasteiger partial charge in [0.25, 0.3) is 5.56 Å². The molecule has 0 spiro atoms. The van der Waals surface area contributed by atoms with E-state index < -0.39 is 10.8 Å². The minimum absolute atomic E-state index is 0.0807. The molecule has 0 aliphatic heterocycles. The van der Waals surface area contributed by atoms with Gasteiger partial charge in [-0.2, -0.15) is 0 Å². The number of aromatic nitrogens is 1. The Morgan fingerprint density at radius 1 is 1.50 bits per heavy atom. The van der Waals surface area contributed by atoms with Crippen molar-refractivity contribution in [3.63, 3.8) is 0 Å². The summed E-state index contributed by atoms with van der Waals surface area (Å²) in [5.41, 5.74) is 5.67. The van der Waals surface area contributed by atoms with Crippen molar-refractivity contribution in [2.75, 3.05) is 23.8 Å². The number of carbonyl (C=O) groups is 1. The number of hydrogen-bond acceptors (Lipinski definition) is 4. The molecule has 7 heteroatoms. The van der Waals surface area contributed by atoms with Crippen LogP contribution in [0.25, 0.3) is 0 Å². The van der Waals surface area contributed by atoms with Crippen LogP contribution in [-0.2, 0) is 22.1 Å². The average Bonchev–Trinajstić information content (AvgIpc) is 2.33. The molecule has 0 saturated carbocycles. The highest BCUT2D eigenvalue weighted by molar-refractivity contribution is 7.84. The van der Waals surface area contributed by atoms with E-state index in [9.17, 15) is 13.8 Å². The monoisotopic (exact) mass is 271 g/mol. The fourth-order valence-electron chi connectivity index (χ4n) is 1.33. The van der Waals surface area contributed by atoms with Crippen molar-refractivity contribution in [2.45, 2.75) is 13.5 Å². The molecule has 0 aromatic carbocycles. The van der Waals surface area contributed by atoms with E-state index in [2.05, 4.69) is 5.32 Å². The summed E-state index contributed by atoms with van der Waals surface area (Å²) in [7, 11) is -0.901. The number of rotatable bonds is 6. The second-order valence-corrected chi connectivity index (χ2v) is 5.58. The second kappa shape index (κ2) is 6.95. The maximum Gasteiger partial charge on any atom is 0.251 e. The number of amides is 1. The molecule has 6 nitrogen and oxygen atoms in total. The van der Waals surface area contributed by atoms with Crippen LogP contribution < -0.4 is 16.6 Å². The highest BCUT2D eigenvalue weighted by atomic mass is 32.2. The first-order valence-electron chi connectivity index (χ1n) is 5.60. The quantitative estimate of drug-likeness (QED) is 0.716. The first kappa shape index (κ1) is 14.4. The molecule has 1 rings (SSSR count). The first-order chi connectivity index (χ1) is 8.52. The lowest BCUT2D eigenvalue weighted by molar-refractivity contribution is -0.121. The Bertz CT molecular complexity index is 499. The Morgan fingerprint density at radius 3 is 2.89 bits per heavy atom. The van der Waals surface area contributed by atoms with Crippen molar-refractivity contribution in [1.82, 2.24) is 9.88 Å². The number of nitrogens with zero attached hydrogens (tertiary/aromatic N) is 1. The maximum atomic E-state index is 11.5. The van der Waals surface area contributed by atoms with E-state index in [-0.39, 0.29) is 18.0 Å². The van der Waals surface area contributed by atoms with E-state index >= 15 is 0 Å². The molecule has 1 amide bonds. The average molecular weight is 271 g/mol.